The SMILES string of the molecule is CCN1CC(C(=O)N(c2ccc3[nH]ccc3c2)C(C)CC(C)C)CC1=O. The second-order valence-corrected chi connectivity index (χ2v) is 7.77. The lowest BCUT2D eigenvalue weighted by molar-refractivity contribution is -0.128. The highest BCUT2D eigenvalue weighted by Crippen LogP contribution is 2.29. The first-order chi connectivity index (χ1) is 12.4. The maximum absolute atomic E-state index is 13.4. The van der Waals surface area contributed by atoms with Gasteiger partial charge in [-0.15, -0.1) is 0 Å². The monoisotopic (exact) mass is 355 g/mol. The Morgan fingerprint density at radius 1 is 1.31 bits per heavy atom. The molecule has 2 amide bonds. The van der Waals surface area contributed by atoms with Crippen molar-refractivity contribution in [2.45, 2.75) is 46.6 Å². The lowest BCUT2D eigenvalue weighted by atomic mass is 9.99. The van der Waals surface area contributed by atoms with Crippen LogP contribution in [-0.2, 0) is 9.59 Å². The van der Waals surface area contributed by atoms with Gasteiger partial charge in [0.1, 0.15) is 0 Å². The number of hydrogen-bond donors (Lipinski definition) is 1. The van der Waals surface area contributed by atoms with Crippen LogP contribution in [0.25, 0.3) is 10.9 Å². The summed E-state index contributed by atoms with van der Waals surface area (Å²) in [4.78, 5) is 32.4. The normalized spacial score (nSPS) is 18.7. The van der Waals surface area contributed by atoms with Crippen LogP contribution in [-0.4, -0.2) is 40.8 Å². The van der Waals surface area contributed by atoms with E-state index in [9.17, 15) is 9.59 Å². The average Bonchev–Trinajstić information content (AvgIpc) is 3.19. The van der Waals surface area contributed by atoms with E-state index in [0.717, 1.165) is 23.0 Å². The van der Waals surface area contributed by atoms with Gasteiger partial charge in [0, 0.05) is 48.3 Å². The number of nitrogens with one attached hydrogen (secondary N) is 1. The second kappa shape index (κ2) is 7.52. The van der Waals surface area contributed by atoms with Gasteiger partial charge < -0.3 is 14.8 Å². The van der Waals surface area contributed by atoms with E-state index in [0.29, 0.717) is 25.4 Å². The molecule has 0 aliphatic carbocycles. The standard InChI is InChI=1S/C21H29N3O2/c1-5-23-13-17(12-20(23)25)21(26)24(15(4)10-14(2)3)18-6-7-19-16(11-18)8-9-22-19/h6-9,11,14-15,17,22H,5,10,12-13H2,1-4H3. The molecule has 2 heterocycles. The maximum atomic E-state index is 13.4. The van der Waals surface area contributed by atoms with Crippen molar-refractivity contribution in [3.8, 4) is 0 Å². The number of fused-ring (bicyclic) bond motifs is 1. The third-order valence-corrected chi connectivity index (χ3v) is 5.25. The van der Waals surface area contributed by atoms with Crippen LogP contribution in [0.4, 0.5) is 5.69 Å². The molecule has 1 N–H and O–H groups in total. The highest BCUT2D eigenvalue weighted by Gasteiger charge is 2.37. The predicted molar refractivity (Wildman–Crippen MR) is 105 cm³/mol. The molecule has 1 saturated heterocycles. The van der Waals surface area contributed by atoms with Gasteiger partial charge in [-0.05, 0) is 50.5 Å². The van der Waals surface area contributed by atoms with E-state index in [2.05, 4.69) is 31.8 Å². The fourth-order valence-electron chi connectivity index (χ4n) is 4.02. The van der Waals surface area contributed by atoms with Crippen LogP contribution in [0.1, 0.15) is 40.5 Å². The Labute approximate surface area is 155 Å². The van der Waals surface area contributed by atoms with E-state index in [4.69, 9.17) is 0 Å². The van der Waals surface area contributed by atoms with Crippen LogP contribution < -0.4 is 4.90 Å². The van der Waals surface area contributed by atoms with E-state index >= 15 is 0 Å². The second-order valence-electron chi connectivity index (χ2n) is 7.77. The molecular formula is C21H29N3O2. The summed E-state index contributed by atoms with van der Waals surface area (Å²) >= 11 is 0. The third kappa shape index (κ3) is 3.62. The van der Waals surface area contributed by atoms with Crippen LogP contribution >= 0.6 is 0 Å². The summed E-state index contributed by atoms with van der Waals surface area (Å²) in [6.07, 6.45) is 3.16. The van der Waals surface area contributed by atoms with Gasteiger partial charge in [0.15, 0.2) is 0 Å². The summed E-state index contributed by atoms with van der Waals surface area (Å²) in [5, 5.41) is 1.09. The number of aromatic nitrogens is 1. The maximum Gasteiger partial charge on any atom is 0.232 e. The fourth-order valence-corrected chi connectivity index (χ4v) is 4.02. The first kappa shape index (κ1) is 18.5. The van der Waals surface area contributed by atoms with Crippen LogP contribution in [0.15, 0.2) is 30.5 Å². The molecule has 3 rings (SSSR count). The minimum atomic E-state index is -0.251. The molecule has 1 fully saturated rings. The molecule has 5 heteroatoms. The summed E-state index contributed by atoms with van der Waals surface area (Å²) in [5.41, 5.74) is 1.98. The van der Waals surface area contributed by atoms with Gasteiger partial charge in [0.05, 0.1) is 5.92 Å². The zero-order valence-corrected chi connectivity index (χ0v) is 16.2. The number of amides is 2. The van der Waals surface area contributed by atoms with Crippen LogP contribution in [0.2, 0.25) is 0 Å². The van der Waals surface area contributed by atoms with E-state index in [1.807, 2.05) is 36.2 Å². The van der Waals surface area contributed by atoms with Crippen molar-refractivity contribution in [2.75, 3.05) is 18.0 Å². The Morgan fingerprint density at radius 3 is 2.73 bits per heavy atom. The van der Waals surface area contributed by atoms with Gasteiger partial charge in [0.25, 0.3) is 0 Å². The van der Waals surface area contributed by atoms with Gasteiger partial charge in [0.2, 0.25) is 11.8 Å². The highest BCUT2D eigenvalue weighted by atomic mass is 16.2. The zero-order chi connectivity index (χ0) is 18.8. The molecule has 26 heavy (non-hydrogen) atoms. The quantitative estimate of drug-likeness (QED) is 0.857. The molecule has 2 aromatic rings. The Hall–Kier alpha value is -2.30. The average molecular weight is 355 g/mol. The highest BCUT2D eigenvalue weighted by molar-refractivity contribution is 6.00. The number of rotatable bonds is 6. The zero-order valence-electron chi connectivity index (χ0n) is 16.2. The molecule has 5 nitrogen and oxygen atoms in total. The Kier molecular flexibility index (Phi) is 5.35. The first-order valence-corrected chi connectivity index (χ1v) is 9.58. The van der Waals surface area contributed by atoms with Crippen molar-refractivity contribution >= 4 is 28.4 Å². The van der Waals surface area contributed by atoms with Crippen molar-refractivity contribution in [1.29, 1.82) is 0 Å². The van der Waals surface area contributed by atoms with Gasteiger partial charge in [-0.1, -0.05) is 13.8 Å². The predicted octanol–water partition coefficient (Wildman–Crippen LogP) is 3.80. The number of H-pyrrole nitrogens is 1. The Morgan fingerprint density at radius 2 is 2.08 bits per heavy atom. The minimum absolute atomic E-state index is 0.0670. The molecule has 1 aromatic carbocycles. The number of likely N-dealkylation sites (tertiary alicyclic amines) is 1. The molecule has 0 radical (unpaired) electrons. The summed E-state index contributed by atoms with van der Waals surface area (Å²) in [6, 6.07) is 8.19. The summed E-state index contributed by atoms with van der Waals surface area (Å²) in [7, 11) is 0. The van der Waals surface area contributed by atoms with Gasteiger partial charge in [-0.2, -0.15) is 0 Å². The summed E-state index contributed by atoms with van der Waals surface area (Å²) < 4.78 is 0. The number of carbonyl (C=O) groups is 2. The number of nitrogens with zero attached hydrogens (tertiary/aromatic N) is 2. The topological polar surface area (TPSA) is 56.4 Å². The summed E-state index contributed by atoms with van der Waals surface area (Å²) in [5.74, 6) is 0.397. The number of hydrogen-bond acceptors (Lipinski definition) is 2. The molecule has 1 aliphatic heterocycles. The van der Waals surface area contributed by atoms with Crippen LogP contribution in [0.5, 0.6) is 0 Å². The largest absolute Gasteiger partial charge is 0.361 e. The molecule has 1 aromatic heterocycles. The Balaban J connectivity index is 1.92. The number of aromatic amines is 1. The molecular weight excluding hydrogens is 326 g/mol. The minimum Gasteiger partial charge on any atom is -0.361 e. The van der Waals surface area contributed by atoms with Crippen molar-refractivity contribution < 1.29 is 9.59 Å². The number of anilines is 1. The van der Waals surface area contributed by atoms with Crippen molar-refractivity contribution in [3.05, 3.63) is 30.5 Å². The van der Waals surface area contributed by atoms with Crippen LogP contribution in [0, 0.1) is 11.8 Å². The van der Waals surface area contributed by atoms with E-state index < -0.39 is 0 Å². The van der Waals surface area contributed by atoms with Crippen LogP contribution in [0.3, 0.4) is 0 Å². The fraction of sp³-hybridized carbons (Fsp3) is 0.524. The van der Waals surface area contributed by atoms with Crippen molar-refractivity contribution in [2.24, 2.45) is 11.8 Å². The molecule has 2 unspecified atom stereocenters. The molecule has 0 bridgehead atoms. The molecule has 140 valence electrons. The first-order valence-electron chi connectivity index (χ1n) is 9.58. The number of carbonyl (C=O) groups excluding carboxylic acids is 2. The third-order valence-electron chi connectivity index (χ3n) is 5.25. The number of benzene rings is 1. The molecule has 0 spiro atoms. The summed E-state index contributed by atoms with van der Waals surface area (Å²) in [6.45, 7) is 9.61. The lowest BCUT2D eigenvalue weighted by Crippen LogP contribution is -2.43. The van der Waals surface area contributed by atoms with Gasteiger partial charge >= 0.3 is 0 Å². The van der Waals surface area contributed by atoms with E-state index in [1.165, 1.54) is 0 Å². The molecule has 2 atom stereocenters. The molecule has 0 saturated carbocycles. The Bertz CT molecular complexity index is 795. The van der Waals surface area contributed by atoms with E-state index in [1.54, 1.807) is 4.90 Å². The van der Waals surface area contributed by atoms with Gasteiger partial charge in [-0.3, -0.25) is 9.59 Å². The van der Waals surface area contributed by atoms with Gasteiger partial charge in [-0.25, -0.2) is 0 Å². The van der Waals surface area contributed by atoms with Crippen molar-refractivity contribution in [3.63, 3.8) is 0 Å². The van der Waals surface area contributed by atoms with E-state index in [-0.39, 0.29) is 23.8 Å². The lowest BCUT2D eigenvalue weighted by Gasteiger charge is -2.32. The van der Waals surface area contributed by atoms with Crippen molar-refractivity contribution in [1.82, 2.24) is 9.88 Å². The molecule has 1 aliphatic rings. The smallest absolute Gasteiger partial charge is 0.232 e.